The highest BCUT2D eigenvalue weighted by Crippen LogP contribution is 2.21. The molecular formula is C9H13ClN2O3S. The number of nitrogen functional groups attached to an aromatic ring is 1. The van der Waals surface area contributed by atoms with E-state index < -0.39 is 10.0 Å². The lowest BCUT2D eigenvalue weighted by Gasteiger charge is -2.08. The summed E-state index contributed by atoms with van der Waals surface area (Å²) in [6.07, 6.45) is 0.354. The number of rotatable bonds is 5. The highest BCUT2D eigenvalue weighted by atomic mass is 35.5. The van der Waals surface area contributed by atoms with Gasteiger partial charge in [0.15, 0.2) is 0 Å². The zero-order valence-electron chi connectivity index (χ0n) is 8.48. The first-order chi connectivity index (χ1) is 7.47. The Balaban J connectivity index is 2.90. The maximum atomic E-state index is 11.7. The van der Waals surface area contributed by atoms with Crippen molar-refractivity contribution in [3.05, 3.63) is 23.2 Å². The van der Waals surface area contributed by atoms with Gasteiger partial charge in [-0.05, 0) is 24.6 Å². The Hall–Kier alpha value is -0.820. The predicted octanol–water partition coefficient (Wildman–Crippen LogP) is 0.583. The Morgan fingerprint density at radius 2 is 2.12 bits per heavy atom. The molecule has 0 saturated heterocycles. The van der Waals surface area contributed by atoms with Crippen molar-refractivity contribution in [3.8, 4) is 0 Å². The number of hydrogen-bond donors (Lipinski definition) is 3. The third-order valence-electron chi connectivity index (χ3n) is 1.89. The lowest BCUT2D eigenvalue weighted by molar-refractivity contribution is 0.289. The van der Waals surface area contributed by atoms with Gasteiger partial charge in [-0.1, -0.05) is 11.6 Å². The van der Waals surface area contributed by atoms with Gasteiger partial charge in [-0.3, -0.25) is 0 Å². The van der Waals surface area contributed by atoms with Gasteiger partial charge in [0.05, 0.1) is 5.69 Å². The van der Waals surface area contributed by atoms with E-state index >= 15 is 0 Å². The molecular weight excluding hydrogens is 252 g/mol. The maximum Gasteiger partial charge on any atom is 0.242 e. The van der Waals surface area contributed by atoms with Crippen LogP contribution in [0.3, 0.4) is 0 Å². The summed E-state index contributed by atoms with van der Waals surface area (Å²) in [5, 5.41) is 8.93. The second-order valence-electron chi connectivity index (χ2n) is 3.16. The van der Waals surface area contributed by atoms with Crippen molar-refractivity contribution in [1.82, 2.24) is 4.72 Å². The molecule has 16 heavy (non-hydrogen) atoms. The minimum Gasteiger partial charge on any atom is -0.398 e. The molecule has 1 aromatic rings. The molecule has 0 radical (unpaired) electrons. The Bertz CT molecular complexity index is 462. The van der Waals surface area contributed by atoms with Crippen LogP contribution in [-0.2, 0) is 10.0 Å². The van der Waals surface area contributed by atoms with Crippen LogP contribution in [0.4, 0.5) is 5.69 Å². The lowest BCUT2D eigenvalue weighted by Crippen LogP contribution is -2.26. The fourth-order valence-electron chi connectivity index (χ4n) is 1.13. The van der Waals surface area contributed by atoms with Gasteiger partial charge in [-0.25, -0.2) is 13.1 Å². The summed E-state index contributed by atoms with van der Waals surface area (Å²) in [5.74, 6) is 0. The van der Waals surface area contributed by atoms with Gasteiger partial charge >= 0.3 is 0 Å². The van der Waals surface area contributed by atoms with E-state index in [1.165, 1.54) is 18.2 Å². The molecule has 0 aliphatic heterocycles. The summed E-state index contributed by atoms with van der Waals surface area (Å²) >= 11 is 5.67. The number of hydrogen-bond acceptors (Lipinski definition) is 4. The van der Waals surface area contributed by atoms with Crippen LogP contribution >= 0.6 is 11.6 Å². The highest BCUT2D eigenvalue weighted by Gasteiger charge is 2.16. The molecule has 4 N–H and O–H groups in total. The fraction of sp³-hybridized carbons (Fsp3) is 0.333. The van der Waals surface area contributed by atoms with Crippen LogP contribution in [0.25, 0.3) is 0 Å². The minimum absolute atomic E-state index is 0.00478. The van der Waals surface area contributed by atoms with Crippen LogP contribution in [0.5, 0.6) is 0 Å². The first kappa shape index (κ1) is 13.2. The molecule has 90 valence electrons. The van der Waals surface area contributed by atoms with E-state index in [1.807, 2.05) is 0 Å². The normalized spacial score (nSPS) is 11.6. The topological polar surface area (TPSA) is 92.4 Å². The second kappa shape index (κ2) is 5.49. The monoisotopic (exact) mass is 264 g/mol. The van der Waals surface area contributed by atoms with Crippen LogP contribution in [0, 0.1) is 0 Å². The molecule has 0 aromatic heterocycles. The number of nitrogens with one attached hydrogen (secondary N) is 1. The quantitative estimate of drug-likeness (QED) is 0.536. The SMILES string of the molecule is Nc1cc(Cl)ccc1S(=O)(=O)NCCCO. The standard InChI is InChI=1S/C9H13ClN2O3S/c10-7-2-3-9(8(11)6-7)16(14,15)12-4-1-5-13/h2-3,6,12-13H,1,4-5,11H2. The van der Waals surface area contributed by atoms with E-state index in [0.717, 1.165) is 0 Å². The molecule has 0 spiro atoms. The minimum atomic E-state index is -3.62. The number of aliphatic hydroxyl groups is 1. The molecule has 7 heteroatoms. The molecule has 0 unspecified atom stereocenters. The number of nitrogens with two attached hydrogens (primary N) is 1. The first-order valence-electron chi connectivity index (χ1n) is 4.63. The zero-order valence-corrected chi connectivity index (χ0v) is 10.1. The van der Waals surface area contributed by atoms with Gasteiger partial charge in [-0.15, -0.1) is 0 Å². The van der Waals surface area contributed by atoms with Gasteiger partial charge in [0, 0.05) is 18.2 Å². The molecule has 0 atom stereocenters. The van der Waals surface area contributed by atoms with Crippen LogP contribution < -0.4 is 10.5 Å². The van der Waals surface area contributed by atoms with Crippen molar-refractivity contribution >= 4 is 27.3 Å². The van der Waals surface area contributed by atoms with Crippen molar-refractivity contribution in [2.24, 2.45) is 0 Å². The third kappa shape index (κ3) is 3.34. The molecule has 1 rings (SSSR count). The molecule has 0 saturated carbocycles. The van der Waals surface area contributed by atoms with E-state index in [1.54, 1.807) is 0 Å². The van der Waals surface area contributed by atoms with Crippen LogP contribution in [-0.4, -0.2) is 26.7 Å². The number of benzene rings is 1. The molecule has 0 bridgehead atoms. The van der Waals surface area contributed by atoms with Crippen LogP contribution in [0.1, 0.15) is 6.42 Å². The summed E-state index contributed by atoms with van der Waals surface area (Å²) < 4.78 is 25.8. The Kier molecular flexibility index (Phi) is 4.55. The Morgan fingerprint density at radius 1 is 1.44 bits per heavy atom. The van der Waals surface area contributed by atoms with E-state index in [0.29, 0.717) is 11.4 Å². The van der Waals surface area contributed by atoms with E-state index in [9.17, 15) is 8.42 Å². The van der Waals surface area contributed by atoms with Crippen molar-refractivity contribution in [2.45, 2.75) is 11.3 Å². The number of aliphatic hydroxyl groups excluding tert-OH is 1. The molecule has 0 heterocycles. The summed E-state index contributed by atoms with van der Waals surface area (Å²) in [5.41, 5.74) is 5.66. The first-order valence-corrected chi connectivity index (χ1v) is 6.49. The average Bonchev–Trinajstić information content (AvgIpc) is 2.17. The average molecular weight is 265 g/mol. The third-order valence-corrected chi connectivity index (χ3v) is 3.66. The highest BCUT2D eigenvalue weighted by molar-refractivity contribution is 7.89. The largest absolute Gasteiger partial charge is 0.398 e. The van der Waals surface area contributed by atoms with E-state index in [2.05, 4.69) is 4.72 Å². The Morgan fingerprint density at radius 3 is 2.69 bits per heavy atom. The van der Waals surface area contributed by atoms with Crippen LogP contribution in [0.15, 0.2) is 23.1 Å². The van der Waals surface area contributed by atoms with Crippen molar-refractivity contribution in [1.29, 1.82) is 0 Å². The second-order valence-corrected chi connectivity index (χ2v) is 5.33. The molecule has 0 amide bonds. The van der Waals surface area contributed by atoms with Gasteiger partial charge in [0.2, 0.25) is 10.0 Å². The fourth-order valence-corrected chi connectivity index (χ4v) is 2.49. The van der Waals surface area contributed by atoms with E-state index in [4.69, 9.17) is 22.4 Å². The molecule has 0 aliphatic rings. The van der Waals surface area contributed by atoms with Crippen molar-refractivity contribution < 1.29 is 13.5 Å². The lowest BCUT2D eigenvalue weighted by atomic mass is 10.3. The van der Waals surface area contributed by atoms with Gasteiger partial charge in [0.1, 0.15) is 4.90 Å². The zero-order chi connectivity index (χ0) is 12.2. The van der Waals surface area contributed by atoms with Crippen molar-refractivity contribution in [2.75, 3.05) is 18.9 Å². The molecule has 0 fully saturated rings. The summed E-state index contributed by atoms with van der Waals surface area (Å²) in [6, 6.07) is 4.18. The van der Waals surface area contributed by atoms with E-state index in [-0.39, 0.29) is 23.7 Å². The van der Waals surface area contributed by atoms with Gasteiger partial charge in [0.25, 0.3) is 0 Å². The number of sulfonamides is 1. The van der Waals surface area contributed by atoms with Gasteiger partial charge in [-0.2, -0.15) is 0 Å². The predicted molar refractivity (Wildman–Crippen MR) is 62.8 cm³/mol. The Labute approximate surface area is 99.3 Å². The summed E-state index contributed by atoms with van der Waals surface area (Å²) in [7, 11) is -3.62. The van der Waals surface area contributed by atoms with Gasteiger partial charge < -0.3 is 10.8 Å². The van der Waals surface area contributed by atoms with Crippen LogP contribution in [0.2, 0.25) is 5.02 Å². The number of anilines is 1. The molecule has 5 nitrogen and oxygen atoms in total. The summed E-state index contributed by atoms with van der Waals surface area (Å²) in [4.78, 5) is -0.00478. The smallest absolute Gasteiger partial charge is 0.242 e. The molecule has 0 aliphatic carbocycles. The van der Waals surface area contributed by atoms with Crippen molar-refractivity contribution in [3.63, 3.8) is 0 Å². The summed E-state index contributed by atoms with van der Waals surface area (Å²) in [6.45, 7) is 0.0967. The number of halogens is 1. The maximum absolute atomic E-state index is 11.7. The molecule has 1 aromatic carbocycles.